The van der Waals surface area contributed by atoms with Crippen molar-refractivity contribution in [1.82, 2.24) is 4.98 Å². The third kappa shape index (κ3) is 4.08. The van der Waals surface area contributed by atoms with Gasteiger partial charge in [-0.2, -0.15) is 8.42 Å². The molecule has 1 aliphatic carbocycles. The molecule has 1 fully saturated rings. The summed E-state index contributed by atoms with van der Waals surface area (Å²) < 4.78 is 26.3. The van der Waals surface area contributed by atoms with Gasteiger partial charge in [0.15, 0.2) is 0 Å². The van der Waals surface area contributed by atoms with Crippen molar-refractivity contribution >= 4 is 21.8 Å². The predicted molar refractivity (Wildman–Crippen MR) is 65.2 cm³/mol. The lowest BCUT2D eigenvalue weighted by molar-refractivity contribution is -0.117. The van der Waals surface area contributed by atoms with Crippen molar-refractivity contribution in [2.75, 3.05) is 11.6 Å². The Kier molecular flexibility index (Phi) is 3.63. The second-order valence-corrected chi connectivity index (χ2v) is 5.89. The van der Waals surface area contributed by atoms with Crippen LogP contribution in [0.25, 0.3) is 0 Å². The molecule has 1 aliphatic rings. The smallest absolute Gasteiger partial charge is 0.264 e. The van der Waals surface area contributed by atoms with Crippen molar-refractivity contribution in [3.05, 3.63) is 23.9 Å². The number of aromatic nitrogens is 1. The second kappa shape index (κ2) is 5.03. The van der Waals surface area contributed by atoms with E-state index in [9.17, 15) is 13.2 Å². The molecule has 98 valence electrons. The van der Waals surface area contributed by atoms with Crippen LogP contribution in [0.1, 0.15) is 18.5 Å². The summed E-state index contributed by atoms with van der Waals surface area (Å²) in [5, 5.41) is 2.69. The summed E-state index contributed by atoms with van der Waals surface area (Å²) in [5.41, 5.74) is 0.453. The molecular weight excluding hydrogens is 256 g/mol. The molecule has 1 amide bonds. The molecule has 0 aliphatic heterocycles. The molecule has 6 nitrogen and oxygen atoms in total. The van der Waals surface area contributed by atoms with Crippen LogP contribution in [0, 0.1) is 5.92 Å². The highest BCUT2D eigenvalue weighted by molar-refractivity contribution is 7.85. The van der Waals surface area contributed by atoms with Gasteiger partial charge in [0.2, 0.25) is 5.91 Å². The van der Waals surface area contributed by atoms with E-state index < -0.39 is 10.1 Å². The molecular formula is C11H14N2O4S. The quantitative estimate of drug-likeness (QED) is 0.804. The maximum atomic E-state index is 11.5. The second-order valence-electron chi connectivity index (χ2n) is 4.24. The number of hydrogen-bond donors (Lipinski definition) is 1. The number of rotatable bonds is 5. The van der Waals surface area contributed by atoms with Gasteiger partial charge in [-0.25, -0.2) is 4.98 Å². The Balaban J connectivity index is 1.98. The first-order valence-electron chi connectivity index (χ1n) is 5.55. The molecule has 18 heavy (non-hydrogen) atoms. The third-order valence-corrected chi connectivity index (χ3v) is 2.97. The number of anilines is 1. The highest BCUT2D eigenvalue weighted by atomic mass is 32.2. The molecule has 0 saturated heterocycles. The van der Waals surface area contributed by atoms with Crippen LogP contribution in [0.3, 0.4) is 0 Å². The van der Waals surface area contributed by atoms with Crippen LogP contribution in [0.5, 0.6) is 0 Å². The Bertz CT molecular complexity index is 552. The number of amides is 1. The summed E-state index contributed by atoms with van der Waals surface area (Å²) in [4.78, 5) is 15.6. The van der Waals surface area contributed by atoms with E-state index >= 15 is 0 Å². The van der Waals surface area contributed by atoms with E-state index in [0.29, 0.717) is 11.5 Å². The number of carbonyl (C=O) groups is 1. The zero-order valence-corrected chi connectivity index (χ0v) is 10.7. The maximum absolute atomic E-state index is 11.5. The molecule has 0 radical (unpaired) electrons. The van der Waals surface area contributed by atoms with E-state index in [4.69, 9.17) is 0 Å². The number of carbonyl (C=O) groups excluding carboxylic acids is 1. The molecule has 1 N–H and O–H groups in total. The van der Waals surface area contributed by atoms with Gasteiger partial charge < -0.3 is 5.32 Å². The molecule has 2 rings (SSSR count). The SMILES string of the molecule is CS(=O)(=O)OCc1cccc(NC(=O)C2CC2)n1. The van der Waals surface area contributed by atoms with Crippen molar-refractivity contribution in [3.63, 3.8) is 0 Å². The van der Waals surface area contributed by atoms with Gasteiger partial charge in [-0.1, -0.05) is 6.07 Å². The monoisotopic (exact) mass is 270 g/mol. The average Bonchev–Trinajstić information content (AvgIpc) is 3.09. The molecule has 0 spiro atoms. The summed E-state index contributed by atoms with van der Waals surface area (Å²) >= 11 is 0. The molecule has 1 aromatic rings. The topological polar surface area (TPSA) is 85.4 Å². The first-order chi connectivity index (χ1) is 8.44. The lowest BCUT2D eigenvalue weighted by Gasteiger charge is -2.05. The largest absolute Gasteiger partial charge is 0.310 e. The Morgan fingerprint density at radius 2 is 2.22 bits per heavy atom. The number of nitrogens with zero attached hydrogens (tertiary/aromatic N) is 1. The van der Waals surface area contributed by atoms with Gasteiger partial charge in [0, 0.05) is 5.92 Å². The maximum Gasteiger partial charge on any atom is 0.264 e. The summed E-state index contributed by atoms with van der Waals surface area (Å²) in [6.45, 7) is -0.133. The van der Waals surface area contributed by atoms with E-state index in [0.717, 1.165) is 19.1 Å². The van der Waals surface area contributed by atoms with E-state index in [-0.39, 0.29) is 18.4 Å². The van der Waals surface area contributed by atoms with Gasteiger partial charge in [0.05, 0.1) is 11.9 Å². The standard InChI is InChI=1S/C11H14N2O4S/c1-18(15,16)17-7-9-3-2-4-10(12-9)13-11(14)8-5-6-8/h2-4,8H,5-7H2,1H3,(H,12,13,14). The first kappa shape index (κ1) is 13.0. The van der Waals surface area contributed by atoms with Crippen LogP contribution < -0.4 is 5.32 Å². The van der Waals surface area contributed by atoms with Crippen LogP contribution in [0.15, 0.2) is 18.2 Å². The lowest BCUT2D eigenvalue weighted by atomic mass is 10.3. The van der Waals surface area contributed by atoms with E-state index in [1.54, 1.807) is 18.2 Å². The van der Waals surface area contributed by atoms with E-state index in [1.165, 1.54) is 0 Å². The van der Waals surface area contributed by atoms with Crippen LogP contribution >= 0.6 is 0 Å². The third-order valence-electron chi connectivity index (χ3n) is 2.43. The molecule has 0 aromatic carbocycles. The zero-order chi connectivity index (χ0) is 13.2. The Morgan fingerprint density at radius 3 is 2.83 bits per heavy atom. The van der Waals surface area contributed by atoms with Crippen LogP contribution in [0.4, 0.5) is 5.82 Å². The normalized spacial score (nSPS) is 15.4. The molecule has 1 saturated carbocycles. The molecule has 0 unspecified atom stereocenters. The number of nitrogens with one attached hydrogen (secondary N) is 1. The van der Waals surface area contributed by atoms with Gasteiger partial charge in [-0.15, -0.1) is 0 Å². The van der Waals surface area contributed by atoms with Crippen LogP contribution in [-0.4, -0.2) is 25.6 Å². The Hall–Kier alpha value is -1.47. The minimum atomic E-state index is -3.49. The van der Waals surface area contributed by atoms with E-state index in [2.05, 4.69) is 14.5 Å². The summed E-state index contributed by atoms with van der Waals surface area (Å²) in [5.74, 6) is 0.480. The van der Waals surface area contributed by atoms with Gasteiger partial charge in [-0.3, -0.25) is 8.98 Å². The van der Waals surface area contributed by atoms with Crippen molar-refractivity contribution in [1.29, 1.82) is 0 Å². The van der Waals surface area contributed by atoms with Gasteiger partial charge >= 0.3 is 0 Å². The van der Waals surface area contributed by atoms with Crippen LogP contribution in [-0.2, 0) is 25.7 Å². The molecule has 1 heterocycles. The minimum absolute atomic E-state index is 0.0383. The Labute approximate surface area is 105 Å². The highest BCUT2D eigenvalue weighted by Gasteiger charge is 2.29. The van der Waals surface area contributed by atoms with E-state index in [1.807, 2.05) is 0 Å². The summed E-state index contributed by atoms with van der Waals surface area (Å²) in [6, 6.07) is 4.98. The molecule has 0 bridgehead atoms. The predicted octanol–water partition coefficient (Wildman–Crippen LogP) is 0.906. The van der Waals surface area contributed by atoms with Gasteiger partial charge in [-0.05, 0) is 25.0 Å². The van der Waals surface area contributed by atoms with Gasteiger partial charge in [0.25, 0.3) is 10.1 Å². The average molecular weight is 270 g/mol. The van der Waals surface area contributed by atoms with Crippen molar-refractivity contribution in [2.45, 2.75) is 19.4 Å². The zero-order valence-electron chi connectivity index (χ0n) is 9.92. The molecule has 1 aromatic heterocycles. The van der Waals surface area contributed by atoms with Crippen molar-refractivity contribution in [2.24, 2.45) is 5.92 Å². The van der Waals surface area contributed by atoms with Crippen molar-refractivity contribution in [3.8, 4) is 0 Å². The fourth-order valence-electron chi connectivity index (χ4n) is 1.37. The number of hydrogen-bond acceptors (Lipinski definition) is 5. The first-order valence-corrected chi connectivity index (χ1v) is 7.37. The van der Waals surface area contributed by atoms with Crippen molar-refractivity contribution < 1.29 is 17.4 Å². The lowest BCUT2D eigenvalue weighted by Crippen LogP contribution is -2.15. The van der Waals surface area contributed by atoms with Crippen LogP contribution in [0.2, 0.25) is 0 Å². The fourth-order valence-corrected chi connectivity index (χ4v) is 1.71. The summed E-state index contributed by atoms with van der Waals surface area (Å²) in [6.07, 6.45) is 2.82. The molecule has 7 heteroatoms. The minimum Gasteiger partial charge on any atom is -0.310 e. The fraction of sp³-hybridized carbons (Fsp3) is 0.455. The number of pyridine rings is 1. The summed E-state index contributed by atoms with van der Waals surface area (Å²) in [7, 11) is -3.49. The Morgan fingerprint density at radius 1 is 1.50 bits per heavy atom. The van der Waals surface area contributed by atoms with Gasteiger partial charge in [0.1, 0.15) is 12.4 Å². The highest BCUT2D eigenvalue weighted by Crippen LogP contribution is 2.29. The molecule has 0 atom stereocenters.